The highest BCUT2D eigenvalue weighted by Gasteiger charge is 2.31. The Kier molecular flexibility index (Phi) is 4.43. The SMILES string of the molecule is CCC(C)CN(C)c1cc(C(F)(F)F)cc(N)n1. The van der Waals surface area contributed by atoms with Gasteiger partial charge in [-0.1, -0.05) is 20.3 Å². The normalized spacial score (nSPS) is 13.4. The highest BCUT2D eigenvalue weighted by molar-refractivity contribution is 5.48. The second-order valence-corrected chi connectivity index (χ2v) is 4.53. The number of hydrogen-bond acceptors (Lipinski definition) is 3. The maximum Gasteiger partial charge on any atom is 0.416 e. The average Bonchev–Trinajstić information content (AvgIpc) is 2.26. The van der Waals surface area contributed by atoms with E-state index in [0.717, 1.165) is 18.6 Å². The topological polar surface area (TPSA) is 42.1 Å². The zero-order valence-electron chi connectivity index (χ0n) is 10.8. The van der Waals surface area contributed by atoms with Crippen molar-refractivity contribution < 1.29 is 13.2 Å². The molecule has 0 spiro atoms. The predicted octanol–water partition coefficient (Wildman–Crippen LogP) is 3.16. The molecule has 0 aliphatic heterocycles. The minimum Gasteiger partial charge on any atom is -0.384 e. The number of pyridine rings is 1. The highest BCUT2D eigenvalue weighted by atomic mass is 19.4. The third-order valence-corrected chi connectivity index (χ3v) is 2.83. The van der Waals surface area contributed by atoms with Crippen molar-refractivity contribution in [3.8, 4) is 0 Å². The third kappa shape index (κ3) is 3.78. The third-order valence-electron chi connectivity index (χ3n) is 2.83. The molecule has 6 heteroatoms. The molecule has 0 fully saturated rings. The molecule has 1 unspecified atom stereocenters. The second kappa shape index (κ2) is 5.46. The molecule has 1 atom stereocenters. The Morgan fingerprint density at radius 1 is 1.39 bits per heavy atom. The summed E-state index contributed by atoms with van der Waals surface area (Å²) in [5, 5.41) is 0. The van der Waals surface area contributed by atoms with E-state index in [1.54, 1.807) is 11.9 Å². The van der Waals surface area contributed by atoms with Gasteiger partial charge in [-0.05, 0) is 18.1 Å². The number of nitrogens with zero attached hydrogens (tertiary/aromatic N) is 2. The van der Waals surface area contributed by atoms with Gasteiger partial charge in [0.25, 0.3) is 0 Å². The Morgan fingerprint density at radius 3 is 2.50 bits per heavy atom. The van der Waals surface area contributed by atoms with Gasteiger partial charge in [0.1, 0.15) is 11.6 Å². The summed E-state index contributed by atoms with van der Waals surface area (Å²) in [5.41, 5.74) is 4.66. The van der Waals surface area contributed by atoms with E-state index in [1.165, 1.54) is 0 Å². The summed E-state index contributed by atoms with van der Waals surface area (Å²) in [5.74, 6) is 0.519. The van der Waals surface area contributed by atoms with Crippen molar-refractivity contribution in [3.63, 3.8) is 0 Å². The van der Waals surface area contributed by atoms with Crippen molar-refractivity contribution in [2.24, 2.45) is 5.92 Å². The average molecular weight is 261 g/mol. The molecule has 0 amide bonds. The number of rotatable bonds is 4. The molecule has 1 aromatic heterocycles. The van der Waals surface area contributed by atoms with Gasteiger partial charge < -0.3 is 10.6 Å². The van der Waals surface area contributed by atoms with E-state index >= 15 is 0 Å². The number of alkyl halides is 3. The molecule has 1 aromatic rings. The lowest BCUT2D eigenvalue weighted by atomic mass is 10.1. The molecule has 0 aliphatic carbocycles. The largest absolute Gasteiger partial charge is 0.416 e. The first-order valence-corrected chi connectivity index (χ1v) is 5.80. The van der Waals surface area contributed by atoms with Gasteiger partial charge in [0.15, 0.2) is 0 Å². The van der Waals surface area contributed by atoms with E-state index in [2.05, 4.69) is 4.98 Å². The van der Waals surface area contributed by atoms with E-state index in [9.17, 15) is 13.2 Å². The fraction of sp³-hybridized carbons (Fsp3) is 0.583. The minimum absolute atomic E-state index is 0.115. The van der Waals surface area contributed by atoms with Crippen LogP contribution >= 0.6 is 0 Å². The van der Waals surface area contributed by atoms with Gasteiger partial charge in [0.05, 0.1) is 5.56 Å². The van der Waals surface area contributed by atoms with Crippen LogP contribution in [0.2, 0.25) is 0 Å². The van der Waals surface area contributed by atoms with Gasteiger partial charge in [-0.15, -0.1) is 0 Å². The Morgan fingerprint density at radius 2 is 2.00 bits per heavy atom. The van der Waals surface area contributed by atoms with Gasteiger partial charge in [0.2, 0.25) is 0 Å². The van der Waals surface area contributed by atoms with E-state index < -0.39 is 11.7 Å². The summed E-state index contributed by atoms with van der Waals surface area (Å²) in [7, 11) is 1.72. The predicted molar refractivity (Wildman–Crippen MR) is 66.4 cm³/mol. The van der Waals surface area contributed by atoms with Crippen LogP contribution in [0, 0.1) is 5.92 Å². The number of halogens is 3. The number of nitrogens with two attached hydrogens (primary N) is 1. The fourth-order valence-corrected chi connectivity index (χ4v) is 1.59. The smallest absolute Gasteiger partial charge is 0.384 e. The Labute approximate surface area is 105 Å². The lowest BCUT2D eigenvalue weighted by molar-refractivity contribution is -0.137. The van der Waals surface area contributed by atoms with Crippen molar-refractivity contribution in [3.05, 3.63) is 17.7 Å². The molecule has 3 nitrogen and oxygen atoms in total. The molecule has 0 saturated carbocycles. The first kappa shape index (κ1) is 14.6. The summed E-state index contributed by atoms with van der Waals surface area (Å²) in [6.45, 7) is 4.71. The van der Waals surface area contributed by atoms with Crippen molar-refractivity contribution in [2.75, 3.05) is 24.2 Å². The molecule has 102 valence electrons. The van der Waals surface area contributed by atoms with E-state index in [0.29, 0.717) is 12.5 Å². The maximum absolute atomic E-state index is 12.6. The molecular weight excluding hydrogens is 243 g/mol. The van der Waals surface area contributed by atoms with Crippen LogP contribution in [0.3, 0.4) is 0 Å². The standard InChI is InChI=1S/C12H18F3N3/c1-4-8(2)7-18(3)11-6-9(12(13,14)15)5-10(16)17-11/h5-6,8H,4,7H2,1-3H3,(H2,16,17). The molecule has 0 radical (unpaired) electrons. The molecule has 0 saturated heterocycles. The van der Waals surface area contributed by atoms with Crippen LogP contribution in [0.1, 0.15) is 25.8 Å². The van der Waals surface area contributed by atoms with Crippen LogP contribution in [-0.2, 0) is 6.18 Å². The number of hydrogen-bond donors (Lipinski definition) is 1. The van der Waals surface area contributed by atoms with Crippen LogP contribution in [0.4, 0.5) is 24.8 Å². The summed E-state index contributed by atoms with van der Waals surface area (Å²) in [6, 6.07) is 1.87. The van der Waals surface area contributed by atoms with Crippen LogP contribution in [0.15, 0.2) is 12.1 Å². The van der Waals surface area contributed by atoms with Crippen molar-refractivity contribution in [1.29, 1.82) is 0 Å². The van der Waals surface area contributed by atoms with Crippen LogP contribution in [-0.4, -0.2) is 18.6 Å². The van der Waals surface area contributed by atoms with Gasteiger partial charge in [-0.2, -0.15) is 13.2 Å². The quantitative estimate of drug-likeness (QED) is 0.905. The van der Waals surface area contributed by atoms with Crippen molar-refractivity contribution in [2.45, 2.75) is 26.4 Å². The van der Waals surface area contributed by atoms with Crippen molar-refractivity contribution in [1.82, 2.24) is 4.98 Å². The number of nitrogen functional groups attached to an aromatic ring is 1. The molecule has 2 N–H and O–H groups in total. The monoisotopic (exact) mass is 261 g/mol. The van der Waals surface area contributed by atoms with Gasteiger partial charge in [-0.3, -0.25) is 0 Å². The van der Waals surface area contributed by atoms with Gasteiger partial charge in [-0.25, -0.2) is 4.98 Å². The number of anilines is 2. The molecule has 1 heterocycles. The van der Waals surface area contributed by atoms with E-state index in [-0.39, 0.29) is 11.6 Å². The minimum atomic E-state index is -4.40. The molecular formula is C12H18F3N3. The summed E-state index contributed by atoms with van der Waals surface area (Å²) >= 11 is 0. The summed E-state index contributed by atoms with van der Waals surface area (Å²) < 4.78 is 37.9. The molecule has 0 bridgehead atoms. The van der Waals surface area contributed by atoms with Gasteiger partial charge in [0, 0.05) is 13.6 Å². The van der Waals surface area contributed by atoms with E-state index in [1.807, 2.05) is 13.8 Å². The summed E-state index contributed by atoms with van der Waals surface area (Å²) in [4.78, 5) is 5.63. The Balaban J connectivity index is 2.99. The molecule has 0 aromatic carbocycles. The van der Waals surface area contributed by atoms with E-state index in [4.69, 9.17) is 5.73 Å². The summed E-state index contributed by atoms with van der Waals surface area (Å²) in [6.07, 6.45) is -3.44. The molecule has 18 heavy (non-hydrogen) atoms. The first-order valence-electron chi connectivity index (χ1n) is 5.80. The number of aromatic nitrogens is 1. The molecule has 1 rings (SSSR count). The first-order chi connectivity index (χ1) is 8.24. The lowest BCUT2D eigenvalue weighted by Crippen LogP contribution is -2.25. The van der Waals surface area contributed by atoms with Crippen LogP contribution in [0.5, 0.6) is 0 Å². The lowest BCUT2D eigenvalue weighted by Gasteiger charge is -2.22. The maximum atomic E-state index is 12.6. The molecule has 0 aliphatic rings. The Hall–Kier alpha value is -1.46. The van der Waals surface area contributed by atoms with Crippen LogP contribution in [0.25, 0.3) is 0 Å². The zero-order chi connectivity index (χ0) is 13.9. The van der Waals surface area contributed by atoms with Crippen molar-refractivity contribution >= 4 is 11.6 Å². The van der Waals surface area contributed by atoms with Crippen LogP contribution < -0.4 is 10.6 Å². The van der Waals surface area contributed by atoms with Gasteiger partial charge >= 0.3 is 6.18 Å². The highest BCUT2D eigenvalue weighted by Crippen LogP contribution is 2.32. The second-order valence-electron chi connectivity index (χ2n) is 4.53. The zero-order valence-corrected chi connectivity index (χ0v) is 10.8. The fourth-order valence-electron chi connectivity index (χ4n) is 1.59. The Bertz CT molecular complexity index is 404.